The molecule has 0 aromatic carbocycles. The number of sulfonamides is 1. The molecule has 18 heavy (non-hydrogen) atoms. The molecule has 0 bridgehead atoms. The van der Waals surface area contributed by atoms with Crippen LogP contribution >= 0.6 is 0 Å². The zero-order valence-corrected chi connectivity index (χ0v) is 10.6. The predicted molar refractivity (Wildman–Crippen MR) is 65.8 cm³/mol. The van der Waals surface area contributed by atoms with Crippen LogP contribution in [0.1, 0.15) is 23.7 Å². The Labute approximate surface area is 105 Å². The Kier molecular flexibility index (Phi) is 4.57. The normalized spacial score (nSPS) is 12.9. The van der Waals surface area contributed by atoms with Gasteiger partial charge in [-0.05, 0) is 25.5 Å². The lowest BCUT2D eigenvalue weighted by Gasteiger charge is -2.11. The zero-order chi connectivity index (χ0) is 13.8. The molecule has 0 radical (unpaired) electrons. The lowest BCUT2D eigenvalue weighted by molar-refractivity contribution is 0.0696. The molecular formula is C11H14N2O4S. The number of aromatic carboxylic acids is 1. The standard InChI is InChI=1S/C11H14N2O4S/c1-3-4-8(2)13-18(16,17)10-6-5-9(7-12-10)11(14)15/h3,5-8,13H,1,4H2,2H3,(H,14,15). The first-order valence-corrected chi connectivity index (χ1v) is 6.67. The van der Waals surface area contributed by atoms with Crippen molar-refractivity contribution in [3.05, 3.63) is 36.5 Å². The second kappa shape index (κ2) is 5.74. The van der Waals surface area contributed by atoms with Crippen LogP contribution in [0.5, 0.6) is 0 Å². The predicted octanol–water partition coefficient (Wildman–Crippen LogP) is 1.02. The highest BCUT2D eigenvalue weighted by Gasteiger charge is 2.18. The van der Waals surface area contributed by atoms with Gasteiger partial charge in [-0.1, -0.05) is 6.08 Å². The van der Waals surface area contributed by atoms with E-state index in [0.717, 1.165) is 12.3 Å². The largest absolute Gasteiger partial charge is 0.478 e. The van der Waals surface area contributed by atoms with E-state index < -0.39 is 16.0 Å². The fourth-order valence-electron chi connectivity index (χ4n) is 1.29. The van der Waals surface area contributed by atoms with Crippen LogP contribution in [0.3, 0.4) is 0 Å². The summed E-state index contributed by atoms with van der Waals surface area (Å²) < 4.78 is 26.1. The first kappa shape index (κ1) is 14.3. The van der Waals surface area contributed by atoms with Gasteiger partial charge in [0.2, 0.25) is 0 Å². The molecule has 0 amide bonds. The average molecular weight is 270 g/mol. The molecule has 98 valence electrons. The molecule has 0 aliphatic rings. The molecule has 1 aromatic heterocycles. The number of rotatable bonds is 6. The minimum absolute atomic E-state index is 0.0620. The maximum Gasteiger partial charge on any atom is 0.337 e. The molecule has 1 aromatic rings. The maximum absolute atomic E-state index is 11.8. The minimum Gasteiger partial charge on any atom is -0.478 e. The van der Waals surface area contributed by atoms with Crippen molar-refractivity contribution in [2.24, 2.45) is 0 Å². The first-order valence-electron chi connectivity index (χ1n) is 5.19. The minimum atomic E-state index is -3.73. The lowest BCUT2D eigenvalue weighted by atomic mass is 10.3. The van der Waals surface area contributed by atoms with Gasteiger partial charge in [-0.25, -0.2) is 22.9 Å². The summed E-state index contributed by atoms with van der Waals surface area (Å²) in [4.78, 5) is 14.2. The topological polar surface area (TPSA) is 96.4 Å². The Morgan fingerprint density at radius 2 is 2.28 bits per heavy atom. The van der Waals surface area contributed by atoms with Crippen LogP contribution < -0.4 is 4.72 Å². The van der Waals surface area contributed by atoms with Gasteiger partial charge in [-0.15, -0.1) is 6.58 Å². The summed E-state index contributed by atoms with van der Waals surface area (Å²) in [7, 11) is -3.73. The van der Waals surface area contributed by atoms with Gasteiger partial charge in [-0.3, -0.25) is 0 Å². The Bertz CT molecular complexity index is 537. The van der Waals surface area contributed by atoms with Gasteiger partial charge < -0.3 is 5.11 Å². The molecule has 0 saturated carbocycles. The van der Waals surface area contributed by atoms with Crippen LogP contribution in [-0.2, 0) is 10.0 Å². The van der Waals surface area contributed by atoms with E-state index in [4.69, 9.17) is 5.11 Å². The number of carboxylic acid groups (broad SMARTS) is 1. The van der Waals surface area contributed by atoms with Crippen molar-refractivity contribution >= 4 is 16.0 Å². The third kappa shape index (κ3) is 3.64. The number of carbonyl (C=O) groups is 1. The van der Waals surface area contributed by atoms with E-state index in [1.807, 2.05) is 0 Å². The van der Waals surface area contributed by atoms with Crippen molar-refractivity contribution in [1.82, 2.24) is 9.71 Å². The Morgan fingerprint density at radius 3 is 2.72 bits per heavy atom. The van der Waals surface area contributed by atoms with Gasteiger partial charge in [0.05, 0.1) is 5.56 Å². The summed E-state index contributed by atoms with van der Waals surface area (Å²) in [5.41, 5.74) is -0.0620. The number of pyridine rings is 1. The van der Waals surface area contributed by atoms with Gasteiger partial charge in [0, 0.05) is 12.2 Å². The summed E-state index contributed by atoms with van der Waals surface area (Å²) >= 11 is 0. The van der Waals surface area contributed by atoms with Crippen molar-refractivity contribution < 1.29 is 18.3 Å². The summed E-state index contributed by atoms with van der Waals surface area (Å²) in [5, 5.41) is 8.47. The molecular weight excluding hydrogens is 256 g/mol. The van der Waals surface area contributed by atoms with Gasteiger partial charge in [0.15, 0.2) is 5.03 Å². The van der Waals surface area contributed by atoms with Gasteiger partial charge in [-0.2, -0.15) is 0 Å². The van der Waals surface area contributed by atoms with Crippen LogP contribution in [0.4, 0.5) is 0 Å². The van der Waals surface area contributed by atoms with Crippen LogP contribution in [0.25, 0.3) is 0 Å². The van der Waals surface area contributed by atoms with Crippen LogP contribution in [0.2, 0.25) is 0 Å². The Hall–Kier alpha value is -1.73. The van der Waals surface area contributed by atoms with Crippen molar-refractivity contribution in [3.63, 3.8) is 0 Å². The first-order chi connectivity index (χ1) is 8.36. The number of hydrogen-bond acceptors (Lipinski definition) is 4. The van der Waals surface area contributed by atoms with Crippen molar-refractivity contribution in [2.45, 2.75) is 24.4 Å². The highest BCUT2D eigenvalue weighted by atomic mass is 32.2. The Balaban J connectivity index is 2.91. The number of nitrogens with one attached hydrogen (secondary N) is 1. The molecule has 0 spiro atoms. The van der Waals surface area contributed by atoms with Crippen LogP contribution in [0.15, 0.2) is 36.0 Å². The molecule has 0 aliphatic heterocycles. The molecule has 0 aliphatic carbocycles. The molecule has 2 N–H and O–H groups in total. The van der Waals surface area contributed by atoms with Gasteiger partial charge in [0.1, 0.15) is 0 Å². The van der Waals surface area contributed by atoms with E-state index in [1.165, 1.54) is 6.07 Å². The number of hydrogen-bond donors (Lipinski definition) is 2. The Morgan fingerprint density at radius 1 is 1.61 bits per heavy atom. The molecule has 1 rings (SSSR count). The molecule has 0 saturated heterocycles. The van der Waals surface area contributed by atoms with Crippen LogP contribution in [0, 0.1) is 0 Å². The zero-order valence-electron chi connectivity index (χ0n) is 9.83. The highest BCUT2D eigenvalue weighted by Crippen LogP contribution is 2.08. The maximum atomic E-state index is 11.8. The fraction of sp³-hybridized carbons (Fsp3) is 0.273. The van der Waals surface area contributed by atoms with E-state index >= 15 is 0 Å². The van der Waals surface area contributed by atoms with Crippen molar-refractivity contribution in [1.29, 1.82) is 0 Å². The lowest BCUT2D eigenvalue weighted by Crippen LogP contribution is -2.32. The third-order valence-corrected chi connectivity index (χ3v) is 3.64. The van der Waals surface area contributed by atoms with E-state index in [-0.39, 0.29) is 16.6 Å². The van der Waals surface area contributed by atoms with E-state index in [1.54, 1.807) is 13.0 Å². The number of nitrogens with zero attached hydrogens (tertiary/aromatic N) is 1. The number of aromatic nitrogens is 1. The molecule has 1 heterocycles. The van der Waals surface area contributed by atoms with Crippen LogP contribution in [-0.4, -0.2) is 30.5 Å². The summed E-state index contributed by atoms with van der Waals surface area (Å²) in [5.74, 6) is -1.15. The SMILES string of the molecule is C=CCC(C)NS(=O)(=O)c1ccc(C(=O)O)cn1. The van der Waals surface area contributed by atoms with Gasteiger partial charge in [0.25, 0.3) is 10.0 Å². The summed E-state index contributed by atoms with van der Waals surface area (Å²) in [6.07, 6.45) is 3.11. The average Bonchev–Trinajstić information content (AvgIpc) is 2.28. The third-order valence-electron chi connectivity index (χ3n) is 2.14. The van der Waals surface area contributed by atoms with Gasteiger partial charge >= 0.3 is 5.97 Å². The molecule has 1 unspecified atom stereocenters. The van der Waals surface area contributed by atoms with E-state index in [0.29, 0.717) is 6.42 Å². The molecule has 1 atom stereocenters. The fourth-order valence-corrected chi connectivity index (χ4v) is 2.47. The van der Waals surface area contributed by atoms with E-state index in [9.17, 15) is 13.2 Å². The van der Waals surface area contributed by atoms with E-state index in [2.05, 4.69) is 16.3 Å². The summed E-state index contributed by atoms with van der Waals surface area (Å²) in [6, 6.07) is 2.06. The van der Waals surface area contributed by atoms with Crippen molar-refractivity contribution in [2.75, 3.05) is 0 Å². The second-order valence-electron chi connectivity index (χ2n) is 3.74. The monoisotopic (exact) mass is 270 g/mol. The molecule has 6 nitrogen and oxygen atoms in total. The number of carboxylic acids is 1. The molecule has 7 heteroatoms. The molecule has 0 fully saturated rings. The highest BCUT2D eigenvalue weighted by molar-refractivity contribution is 7.89. The second-order valence-corrected chi connectivity index (χ2v) is 5.40. The smallest absolute Gasteiger partial charge is 0.337 e. The van der Waals surface area contributed by atoms with Crippen molar-refractivity contribution in [3.8, 4) is 0 Å². The quantitative estimate of drug-likeness (QED) is 0.752. The summed E-state index contributed by atoms with van der Waals surface area (Å²) in [6.45, 7) is 5.22.